The number of halogens is 2. The van der Waals surface area contributed by atoms with E-state index in [9.17, 15) is 9.59 Å². The molecule has 0 fully saturated rings. The van der Waals surface area contributed by atoms with Gasteiger partial charge in [-0.2, -0.15) is 0 Å². The number of hydrogen-bond donors (Lipinski definition) is 1. The Labute approximate surface area is 133 Å². The lowest BCUT2D eigenvalue weighted by molar-refractivity contribution is -0.151. The molecule has 1 atom stereocenters. The Hall–Kier alpha value is -1.52. The van der Waals surface area contributed by atoms with Gasteiger partial charge >= 0.3 is 5.97 Å². The van der Waals surface area contributed by atoms with Gasteiger partial charge in [0, 0.05) is 5.69 Å². The summed E-state index contributed by atoms with van der Waals surface area (Å²) in [6, 6.07) is 4.75. The zero-order valence-electron chi connectivity index (χ0n) is 11.3. The molecule has 1 aliphatic carbocycles. The van der Waals surface area contributed by atoms with Gasteiger partial charge in [-0.15, -0.1) is 0 Å². The third-order valence-electron chi connectivity index (χ3n) is 3.15. The molecular weight excluding hydrogens is 313 g/mol. The fraction of sp³-hybridized carbons (Fsp3) is 0.333. The molecule has 4 nitrogen and oxygen atoms in total. The fourth-order valence-corrected chi connectivity index (χ4v) is 2.33. The molecule has 6 heteroatoms. The van der Waals surface area contributed by atoms with E-state index in [4.69, 9.17) is 27.9 Å². The number of allylic oxidation sites excluding steroid dienone is 2. The number of anilines is 1. The number of carbonyl (C=O) groups is 2. The average molecular weight is 328 g/mol. The number of esters is 1. The fourth-order valence-electron chi connectivity index (χ4n) is 2.03. The molecule has 1 amide bonds. The summed E-state index contributed by atoms with van der Waals surface area (Å²) < 4.78 is 5.03. The predicted octanol–water partition coefficient (Wildman–Crippen LogP) is 3.83. The second-order valence-electron chi connectivity index (χ2n) is 4.77. The number of carbonyl (C=O) groups excluding carboxylic acids is 2. The minimum atomic E-state index is -0.409. The first kappa shape index (κ1) is 15.9. The van der Waals surface area contributed by atoms with Crippen LogP contribution in [0.3, 0.4) is 0 Å². The summed E-state index contributed by atoms with van der Waals surface area (Å²) in [5, 5.41) is 3.35. The van der Waals surface area contributed by atoms with Crippen LogP contribution in [0.15, 0.2) is 30.4 Å². The maximum Gasteiger partial charge on any atom is 0.309 e. The molecule has 0 bridgehead atoms. The van der Waals surface area contributed by atoms with E-state index in [2.05, 4.69) is 5.32 Å². The van der Waals surface area contributed by atoms with Crippen molar-refractivity contribution in [1.82, 2.24) is 0 Å². The highest BCUT2D eigenvalue weighted by Crippen LogP contribution is 2.25. The van der Waals surface area contributed by atoms with Crippen molar-refractivity contribution in [2.75, 3.05) is 11.9 Å². The Morgan fingerprint density at radius 3 is 2.71 bits per heavy atom. The Balaban J connectivity index is 1.80. The van der Waals surface area contributed by atoms with Crippen molar-refractivity contribution >= 4 is 40.8 Å². The van der Waals surface area contributed by atoms with Gasteiger partial charge in [0.05, 0.1) is 16.0 Å². The molecule has 2 rings (SSSR count). The normalized spacial score (nSPS) is 17.3. The van der Waals surface area contributed by atoms with Crippen LogP contribution in [0, 0.1) is 5.92 Å². The van der Waals surface area contributed by atoms with Gasteiger partial charge < -0.3 is 10.1 Å². The van der Waals surface area contributed by atoms with Gasteiger partial charge in [-0.05, 0) is 37.5 Å². The summed E-state index contributed by atoms with van der Waals surface area (Å²) >= 11 is 11.6. The molecule has 1 aromatic carbocycles. The van der Waals surface area contributed by atoms with E-state index in [1.807, 2.05) is 12.2 Å². The van der Waals surface area contributed by atoms with Gasteiger partial charge in [0.1, 0.15) is 0 Å². The van der Waals surface area contributed by atoms with Gasteiger partial charge in [-0.1, -0.05) is 35.4 Å². The first-order valence-electron chi connectivity index (χ1n) is 6.63. The maximum atomic E-state index is 11.8. The van der Waals surface area contributed by atoms with E-state index in [1.165, 1.54) is 6.07 Å². The van der Waals surface area contributed by atoms with Crippen LogP contribution in [0.2, 0.25) is 10.0 Å². The highest BCUT2D eigenvalue weighted by molar-refractivity contribution is 6.42. The molecule has 1 N–H and O–H groups in total. The highest BCUT2D eigenvalue weighted by Gasteiger charge is 2.20. The van der Waals surface area contributed by atoms with E-state index in [0.717, 1.165) is 12.8 Å². The van der Waals surface area contributed by atoms with Gasteiger partial charge in [0.15, 0.2) is 6.61 Å². The minimum absolute atomic E-state index is 0.146. The van der Waals surface area contributed by atoms with Crippen molar-refractivity contribution in [1.29, 1.82) is 0 Å². The lowest BCUT2D eigenvalue weighted by atomic mass is 9.95. The first-order chi connectivity index (χ1) is 10.1. The Morgan fingerprint density at radius 1 is 1.24 bits per heavy atom. The highest BCUT2D eigenvalue weighted by atomic mass is 35.5. The average Bonchev–Trinajstić information content (AvgIpc) is 2.49. The minimum Gasteiger partial charge on any atom is -0.455 e. The van der Waals surface area contributed by atoms with Gasteiger partial charge in [-0.25, -0.2) is 0 Å². The molecular formula is C15H15Cl2NO3. The van der Waals surface area contributed by atoms with Crippen LogP contribution in [-0.4, -0.2) is 18.5 Å². The molecule has 0 radical (unpaired) electrons. The Morgan fingerprint density at radius 2 is 2.05 bits per heavy atom. The smallest absolute Gasteiger partial charge is 0.309 e. The second kappa shape index (κ2) is 7.48. The topological polar surface area (TPSA) is 55.4 Å². The van der Waals surface area contributed by atoms with Crippen molar-refractivity contribution < 1.29 is 14.3 Å². The Kier molecular flexibility index (Phi) is 5.65. The van der Waals surface area contributed by atoms with Crippen LogP contribution in [0.25, 0.3) is 0 Å². The van der Waals surface area contributed by atoms with Crippen LogP contribution in [0.5, 0.6) is 0 Å². The summed E-state index contributed by atoms with van der Waals surface area (Å²) in [5.74, 6) is -0.885. The number of rotatable bonds is 4. The number of benzene rings is 1. The summed E-state index contributed by atoms with van der Waals surface area (Å²) in [6.07, 6.45) is 6.32. The van der Waals surface area contributed by atoms with Crippen LogP contribution in [0.1, 0.15) is 19.3 Å². The van der Waals surface area contributed by atoms with Gasteiger partial charge in [0.2, 0.25) is 0 Å². The van der Waals surface area contributed by atoms with Crippen molar-refractivity contribution in [2.45, 2.75) is 19.3 Å². The second-order valence-corrected chi connectivity index (χ2v) is 5.58. The SMILES string of the molecule is O=C(COC(=O)[C@@H]1CC=CCC1)Nc1ccc(Cl)c(Cl)c1. The monoisotopic (exact) mass is 327 g/mol. The van der Waals surface area contributed by atoms with E-state index >= 15 is 0 Å². The molecule has 0 saturated carbocycles. The molecule has 0 unspecified atom stereocenters. The van der Waals surface area contributed by atoms with Crippen LogP contribution < -0.4 is 5.32 Å². The van der Waals surface area contributed by atoms with E-state index in [0.29, 0.717) is 22.2 Å². The third-order valence-corrected chi connectivity index (χ3v) is 3.89. The zero-order valence-corrected chi connectivity index (χ0v) is 12.8. The van der Waals surface area contributed by atoms with Crippen LogP contribution >= 0.6 is 23.2 Å². The molecule has 0 saturated heterocycles. The molecule has 21 heavy (non-hydrogen) atoms. The molecule has 112 valence electrons. The summed E-state index contributed by atoms with van der Waals surface area (Å²) in [4.78, 5) is 23.5. The van der Waals surface area contributed by atoms with Crippen molar-refractivity contribution in [3.8, 4) is 0 Å². The van der Waals surface area contributed by atoms with Gasteiger partial charge in [-0.3, -0.25) is 9.59 Å². The van der Waals surface area contributed by atoms with Crippen molar-refractivity contribution in [3.05, 3.63) is 40.4 Å². The lowest BCUT2D eigenvalue weighted by Gasteiger charge is -2.16. The largest absolute Gasteiger partial charge is 0.455 e. The number of hydrogen-bond acceptors (Lipinski definition) is 3. The molecule has 0 heterocycles. The van der Waals surface area contributed by atoms with Crippen molar-refractivity contribution in [3.63, 3.8) is 0 Å². The number of nitrogens with one attached hydrogen (secondary N) is 1. The molecule has 0 spiro atoms. The number of ether oxygens (including phenoxy) is 1. The summed E-state index contributed by atoms with van der Waals surface area (Å²) in [6.45, 7) is -0.306. The van der Waals surface area contributed by atoms with E-state index in [-0.39, 0.29) is 18.5 Å². The standard InChI is InChI=1S/C15H15Cl2NO3/c16-12-7-6-11(8-13(12)17)18-14(19)9-21-15(20)10-4-2-1-3-5-10/h1-2,6-8,10H,3-5,9H2,(H,18,19)/t10-/m1/s1. The zero-order chi connectivity index (χ0) is 15.2. The van der Waals surface area contributed by atoms with E-state index < -0.39 is 5.91 Å². The summed E-state index contributed by atoms with van der Waals surface area (Å²) in [5.41, 5.74) is 0.506. The Bertz CT molecular complexity index is 572. The molecule has 0 aromatic heterocycles. The number of amides is 1. The van der Waals surface area contributed by atoms with Crippen molar-refractivity contribution in [2.24, 2.45) is 5.92 Å². The predicted molar refractivity (Wildman–Crippen MR) is 82.5 cm³/mol. The quantitative estimate of drug-likeness (QED) is 0.675. The van der Waals surface area contributed by atoms with E-state index in [1.54, 1.807) is 12.1 Å². The third kappa shape index (κ3) is 4.76. The van der Waals surface area contributed by atoms with Gasteiger partial charge in [0.25, 0.3) is 5.91 Å². The molecule has 0 aliphatic heterocycles. The maximum absolute atomic E-state index is 11.8. The molecule has 1 aliphatic rings. The van der Waals surface area contributed by atoms with Crippen LogP contribution in [-0.2, 0) is 14.3 Å². The van der Waals surface area contributed by atoms with Crippen LogP contribution in [0.4, 0.5) is 5.69 Å². The molecule has 1 aromatic rings. The lowest BCUT2D eigenvalue weighted by Crippen LogP contribution is -2.25. The first-order valence-corrected chi connectivity index (χ1v) is 7.38. The summed E-state index contributed by atoms with van der Waals surface area (Å²) in [7, 11) is 0.